The zero-order valence-corrected chi connectivity index (χ0v) is 11.4. The van der Waals surface area contributed by atoms with Crippen molar-refractivity contribution in [1.29, 1.82) is 0 Å². The second-order valence-corrected chi connectivity index (χ2v) is 5.15. The van der Waals surface area contributed by atoms with Crippen molar-refractivity contribution in [3.8, 4) is 5.75 Å². The van der Waals surface area contributed by atoms with E-state index >= 15 is 0 Å². The molecule has 0 aliphatic rings. The van der Waals surface area contributed by atoms with Gasteiger partial charge in [0.15, 0.2) is 6.61 Å². The Hall–Kier alpha value is -1.55. The lowest BCUT2D eigenvalue weighted by molar-refractivity contribution is -0.124. The topological polar surface area (TPSA) is 58.6 Å². The number of carbonyl (C=O) groups excluding carboxylic acids is 1. The molecule has 0 radical (unpaired) electrons. The molecule has 0 aromatic heterocycles. The lowest BCUT2D eigenvalue weighted by Gasteiger charge is -2.17. The van der Waals surface area contributed by atoms with Gasteiger partial charge in [0.05, 0.1) is 5.60 Å². The standard InChI is InChI=1S/C14H21NO3/c1-10-5-6-11(2)12(7-10)18-8-13(16)15-9-14(3,4)17/h5-7,17H,8-9H2,1-4H3,(H,15,16). The molecule has 4 heteroatoms. The predicted molar refractivity (Wildman–Crippen MR) is 70.7 cm³/mol. The average molecular weight is 251 g/mol. The molecule has 4 nitrogen and oxygen atoms in total. The molecule has 1 aromatic carbocycles. The van der Waals surface area contributed by atoms with Crippen molar-refractivity contribution in [2.75, 3.05) is 13.2 Å². The van der Waals surface area contributed by atoms with Crippen LogP contribution in [0.5, 0.6) is 5.75 Å². The summed E-state index contributed by atoms with van der Waals surface area (Å²) < 4.78 is 5.45. The fourth-order valence-corrected chi connectivity index (χ4v) is 1.37. The predicted octanol–water partition coefficient (Wildman–Crippen LogP) is 1.57. The highest BCUT2D eigenvalue weighted by Gasteiger charge is 2.14. The number of ether oxygens (including phenoxy) is 1. The van der Waals surface area contributed by atoms with Crippen LogP contribution in [0.2, 0.25) is 0 Å². The van der Waals surface area contributed by atoms with E-state index < -0.39 is 5.60 Å². The largest absolute Gasteiger partial charge is 0.483 e. The second kappa shape index (κ2) is 5.87. The zero-order chi connectivity index (χ0) is 13.8. The molecule has 0 saturated carbocycles. The summed E-state index contributed by atoms with van der Waals surface area (Å²) in [7, 11) is 0. The first-order valence-electron chi connectivity index (χ1n) is 5.97. The number of carbonyl (C=O) groups is 1. The van der Waals surface area contributed by atoms with Crippen molar-refractivity contribution in [2.45, 2.75) is 33.3 Å². The number of hydrogen-bond acceptors (Lipinski definition) is 3. The quantitative estimate of drug-likeness (QED) is 0.835. The third-order valence-electron chi connectivity index (χ3n) is 2.42. The van der Waals surface area contributed by atoms with Gasteiger partial charge >= 0.3 is 0 Å². The number of nitrogens with one attached hydrogen (secondary N) is 1. The highest BCUT2D eigenvalue weighted by atomic mass is 16.5. The fourth-order valence-electron chi connectivity index (χ4n) is 1.37. The molecule has 0 aliphatic carbocycles. The van der Waals surface area contributed by atoms with Crippen LogP contribution in [0.25, 0.3) is 0 Å². The summed E-state index contributed by atoms with van der Waals surface area (Å²) in [5.41, 5.74) is 1.18. The molecule has 0 heterocycles. The number of hydrogen-bond donors (Lipinski definition) is 2. The maximum Gasteiger partial charge on any atom is 0.258 e. The van der Waals surface area contributed by atoms with Gasteiger partial charge in [0.1, 0.15) is 5.75 Å². The molecule has 0 bridgehead atoms. The summed E-state index contributed by atoms with van der Waals surface area (Å²) in [4.78, 5) is 11.5. The normalized spacial score (nSPS) is 11.2. The van der Waals surface area contributed by atoms with Gasteiger partial charge in [-0.1, -0.05) is 12.1 Å². The van der Waals surface area contributed by atoms with E-state index in [9.17, 15) is 9.90 Å². The molecule has 1 aromatic rings. The summed E-state index contributed by atoms with van der Waals surface area (Å²) in [5, 5.41) is 12.1. The van der Waals surface area contributed by atoms with Crippen LogP contribution in [0.3, 0.4) is 0 Å². The Morgan fingerprint density at radius 1 is 1.39 bits per heavy atom. The molecule has 0 saturated heterocycles. The number of benzene rings is 1. The van der Waals surface area contributed by atoms with Crippen molar-refractivity contribution < 1.29 is 14.6 Å². The highest BCUT2D eigenvalue weighted by Crippen LogP contribution is 2.18. The number of amides is 1. The molecule has 18 heavy (non-hydrogen) atoms. The van der Waals surface area contributed by atoms with E-state index in [1.54, 1.807) is 13.8 Å². The molecule has 1 amide bonds. The van der Waals surface area contributed by atoms with Crippen LogP contribution in [0.1, 0.15) is 25.0 Å². The molecule has 0 atom stereocenters. The van der Waals surface area contributed by atoms with Gasteiger partial charge in [-0.2, -0.15) is 0 Å². The third-order valence-corrected chi connectivity index (χ3v) is 2.42. The minimum atomic E-state index is -0.908. The Balaban J connectivity index is 2.45. The first-order valence-corrected chi connectivity index (χ1v) is 5.97. The summed E-state index contributed by atoms with van der Waals surface area (Å²) in [6.07, 6.45) is 0. The molecule has 0 aliphatic heterocycles. The van der Waals surface area contributed by atoms with Gasteiger partial charge in [-0.25, -0.2) is 0 Å². The Kier molecular flexibility index (Phi) is 4.73. The van der Waals surface area contributed by atoms with Crippen LogP contribution in [0.15, 0.2) is 18.2 Å². The first kappa shape index (κ1) is 14.5. The van der Waals surface area contributed by atoms with E-state index in [0.717, 1.165) is 11.1 Å². The Morgan fingerprint density at radius 2 is 2.06 bits per heavy atom. The van der Waals surface area contributed by atoms with Gasteiger partial charge < -0.3 is 15.2 Å². The monoisotopic (exact) mass is 251 g/mol. The molecular weight excluding hydrogens is 230 g/mol. The highest BCUT2D eigenvalue weighted by molar-refractivity contribution is 5.77. The molecule has 1 rings (SSSR count). The first-order chi connectivity index (χ1) is 8.28. The van der Waals surface area contributed by atoms with E-state index in [4.69, 9.17) is 4.74 Å². The van der Waals surface area contributed by atoms with Crippen molar-refractivity contribution >= 4 is 5.91 Å². The van der Waals surface area contributed by atoms with Gasteiger partial charge in [-0.05, 0) is 44.9 Å². The maximum absolute atomic E-state index is 11.5. The lowest BCUT2D eigenvalue weighted by Crippen LogP contribution is -2.40. The fraction of sp³-hybridized carbons (Fsp3) is 0.500. The third kappa shape index (κ3) is 5.19. The van der Waals surface area contributed by atoms with Crippen molar-refractivity contribution in [2.24, 2.45) is 0 Å². The van der Waals surface area contributed by atoms with Crippen LogP contribution >= 0.6 is 0 Å². The lowest BCUT2D eigenvalue weighted by atomic mass is 10.1. The van der Waals surface area contributed by atoms with Gasteiger partial charge in [-0.15, -0.1) is 0 Å². The number of aryl methyl sites for hydroxylation is 2. The van der Waals surface area contributed by atoms with E-state index in [2.05, 4.69) is 5.32 Å². The number of rotatable bonds is 5. The smallest absolute Gasteiger partial charge is 0.258 e. The molecule has 0 unspecified atom stereocenters. The van der Waals surface area contributed by atoms with E-state index in [0.29, 0.717) is 5.75 Å². The number of aliphatic hydroxyl groups is 1. The Labute approximate surface area is 108 Å². The molecule has 2 N–H and O–H groups in total. The van der Waals surface area contributed by atoms with Crippen LogP contribution in [-0.2, 0) is 4.79 Å². The van der Waals surface area contributed by atoms with E-state index in [-0.39, 0.29) is 19.1 Å². The summed E-state index contributed by atoms with van der Waals surface area (Å²) in [6.45, 7) is 7.35. The van der Waals surface area contributed by atoms with E-state index in [1.165, 1.54) is 0 Å². The second-order valence-electron chi connectivity index (χ2n) is 5.15. The molecular formula is C14H21NO3. The minimum absolute atomic E-state index is 0.0413. The zero-order valence-electron chi connectivity index (χ0n) is 11.4. The maximum atomic E-state index is 11.5. The van der Waals surface area contributed by atoms with Crippen LogP contribution < -0.4 is 10.1 Å². The van der Waals surface area contributed by atoms with Crippen LogP contribution in [-0.4, -0.2) is 29.8 Å². The van der Waals surface area contributed by atoms with Gasteiger partial charge in [0.2, 0.25) is 0 Å². The van der Waals surface area contributed by atoms with Crippen molar-refractivity contribution in [1.82, 2.24) is 5.32 Å². The average Bonchev–Trinajstić information content (AvgIpc) is 2.26. The summed E-state index contributed by atoms with van der Waals surface area (Å²) in [5.74, 6) is 0.478. The molecule has 0 spiro atoms. The van der Waals surface area contributed by atoms with Crippen LogP contribution in [0.4, 0.5) is 0 Å². The summed E-state index contributed by atoms with van der Waals surface area (Å²) in [6, 6.07) is 5.86. The molecule has 0 fully saturated rings. The van der Waals surface area contributed by atoms with E-state index in [1.807, 2.05) is 32.0 Å². The van der Waals surface area contributed by atoms with Gasteiger partial charge in [0, 0.05) is 6.54 Å². The summed E-state index contributed by atoms with van der Waals surface area (Å²) >= 11 is 0. The SMILES string of the molecule is Cc1ccc(C)c(OCC(=O)NCC(C)(C)O)c1. The van der Waals surface area contributed by atoms with Gasteiger partial charge in [-0.3, -0.25) is 4.79 Å². The molecule has 100 valence electrons. The van der Waals surface area contributed by atoms with Crippen LogP contribution in [0, 0.1) is 13.8 Å². The Morgan fingerprint density at radius 3 is 2.67 bits per heavy atom. The van der Waals surface area contributed by atoms with Crippen molar-refractivity contribution in [3.63, 3.8) is 0 Å². The van der Waals surface area contributed by atoms with Gasteiger partial charge in [0.25, 0.3) is 5.91 Å². The Bertz CT molecular complexity index is 422. The minimum Gasteiger partial charge on any atom is -0.483 e. The van der Waals surface area contributed by atoms with Crippen molar-refractivity contribution in [3.05, 3.63) is 29.3 Å².